The van der Waals surface area contributed by atoms with Crippen LogP contribution in [0.3, 0.4) is 0 Å². The predicted molar refractivity (Wildman–Crippen MR) is 83.8 cm³/mol. The van der Waals surface area contributed by atoms with Crippen molar-refractivity contribution in [2.24, 2.45) is 0 Å². The number of likely N-dealkylation sites (tertiary alicyclic amines) is 1. The number of halogens is 1. The summed E-state index contributed by atoms with van der Waals surface area (Å²) in [5.41, 5.74) is 0.772. The Morgan fingerprint density at radius 3 is 2.75 bits per heavy atom. The fourth-order valence-electron chi connectivity index (χ4n) is 3.15. The van der Waals surface area contributed by atoms with Crippen molar-refractivity contribution in [2.75, 3.05) is 18.4 Å². The van der Waals surface area contributed by atoms with E-state index in [9.17, 15) is 18.8 Å². The molecule has 1 aromatic carbocycles. The van der Waals surface area contributed by atoms with Crippen LogP contribution in [0.5, 0.6) is 0 Å². The maximum Gasteiger partial charge on any atom is 0.314 e. The van der Waals surface area contributed by atoms with Crippen LogP contribution in [0.4, 0.5) is 10.1 Å². The van der Waals surface area contributed by atoms with Crippen LogP contribution in [0.2, 0.25) is 0 Å². The Morgan fingerprint density at radius 2 is 2.04 bits per heavy atom. The summed E-state index contributed by atoms with van der Waals surface area (Å²) in [6, 6.07) is 3.86. The number of nitrogens with one attached hydrogen (secondary N) is 1. The highest BCUT2D eigenvalue weighted by molar-refractivity contribution is 6.00. The molecule has 0 aromatic heterocycles. The summed E-state index contributed by atoms with van der Waals surface area (Å²) in [6.45, 7) is 2.89. The van der Waals surface area contributed by atoms with E-state index in [2.05, 4.69) is 5.32 Å². The minimum atomic E-state index is -0.899. The van der Waals surface area contributed by atoms with Gasteiger partial charge in [-0.2, -0.15) is 0 Å². The Kier molecular flexibility index (Phi) is 4.51. The molecule has 1 fully saturated rings. The lowest BCUT2D eigenvalue weighted by molar-refractivity contribution is -0.160. The molecule has 24 heavy (non-hydrogen) atoms. The van der Waals surface area contributed by atoms with Gasteiger partial charge in [-0.15, -0.1) is 0 Å². The van der Waals surface area contributed by atoms with Gasteiger partial charge in [0.15, 0.2) is 6.10 Å². The molecule has 2 atom stereocenters. The lowest BCUT2D eigenvalue weighted by Gasteiger charge is -2.26. The molecule has 3 rings (SSSR count). The molecule has 1 aromatic rings. The quantitative estimate of drug-likeness (QED) is 0.856. The summed E-state index contributed by atoms with van der Waals surface area (Å²) in [4.78, 5) is 38.1. The maximum absolute atomic E-state index is 13.3. The third-order valence-electron chi connectivity index (χ3n) is 4.40. The van der Waals surface area contributed by atoms with Crippen molar-refractivity contribution < 1.29 is 23.5 Å². The number of carbonyl (C=O) groups is 3. The topological polar surface area (TPSA) is 75.7 Å². The second-order valence-electron chi connectivity index (χ2n) is 6.15. The second kappa shape index (κ2) is 6.59. The average molecular weight is 334 g/mol. The molecule has 2 unspecified atom stereocenters. The van der Waals surface area contributed by atoms with Crippen LogP contribution in [0.15, 0.2) is 18.2 Å². The van der Waals surface area contributed by atoms with Crippen LogP contribution in [0.25, 0.3) is 0 Å². The first-order valence-corrected chi connectivity index (χ1v) is 8.04. The van der Waals surface area contributed by atoms with Gasteiger partial charge in [0.05, 0.1) is 5.92 Å². The third-order valence-corrected chi connectivity index (χ3v) is 4.40. The van der Waals surface area contributed by atoms with Gasteiger partial charge in [0.25, 0.3) is 5.91 Å². The van der Waals surface area contributed by atoms with Gasteiger partial charge in [-0.1, -0.05) is 6.07 Å². The molecule has 6 nitrogen and oxygen atoms in total. The van der Waals surface area contributed by atoms with E-state index in [1.807, 2.05) is 0 Å². The van der Waals surface area contributed by atoms with Crippen LogP contribution in [0, 0.1) is 5.82 Å². The van der Waals surface area contributed by atoms with E-state index in [1.165, 1.54) is 25.1 Å². The van der Waals surface area contributed by atoms with Crippen LogP contribution < -0.4 is 5.32 Å². The van der Waals surface area contributed by atoms with Crippen LogP contribution in [0.1, 0.15) is 37.7 Å². The molecule has 0 spiro atoms. The van der Waals surface area contributed by atoms with Gasteiger partial charge >= 0.3 is 5.97 Å². The van der Waals surface area contributed by atoms with E-state index in [0.717, 1.165) is 12.8 Å². The molecule has 2 aliphatic rings. The summed E-state index contributed by atoms with van der Waals surface area (Å²) >= 11 is 0. The molecule has 0 saturated carbocycles. The number of hydrogen-bond acceptors (Lipinski definition) is 4. The van der Waals surface area contributed by atoms with Gasteiger partial charge < -0.3 is 15.0 Å². The molecule has 2 heterocycles. The van der Waals surface area contributed by atoms with Crippen LogP contribution >= 0.6 is 0 Å². The Hall–Kier alpha value is -2.44. The molecule has 7 heteroatoms. The molecule has 2 aliphatic heterocycles. The third kappa shape index (κ3) is 3.25. The number of hydrogen-bond donors (Lipinski definition) is 1. The number of amides is 2. The zero-order valence-electron chi connectivity index (χ0n) is 13.4. The van der Waals surface area contributed by atoms with Gasteiger partial charge in [0.2, 0.25) is 5.91 Å². The molecule has 0 radical (unpaired) electrons. The minimum absolute atomic E-state index is 0.0813. The zero-order valence-corrected chi connectivity index (χ0v) is 13.4. The molecular weight excluding hydrogens is 315 g/mol. The highest BCUT2D eigenvalue weighted by Gasteiger charge is 2.34. The molecule has 2 amide bonds. The van der Waals surface area contributed by atoms with Crippen molar-refractivity contribution in [1.29, 1.82) is 0 Å². The summed E-state index contributed by atoms with van der Waals surface area (Å²) in [7, 11) is 0. The van der Waals surface area contributed by atoms with Crippen molar-refractivity contribution in [2.45, 2.75) is 38.2 Å². The fraction of sp³-hybridized carbons (Fsp3) is 0.471. The van der Waals surface area contributed by atoms with E-state index >= 15 is 0 Å². The number of fused-ring (bicyclic) bond motifs is 1. The monoisotopic (exact) mass is 334 g/mol. The summed E-state index contributed by atoms with van der Waals surface area (Å²) in [6.07, 6.45) is 0.925. The standard InChI is InChI=1S/C17H19FN2O4/c1-10(16(22)20-6-2-3-7-20)24-17(23)13-9-15(21)19-14-8-11(18)4-5-12(13)14/h4-5,8,10,13H,2-3,6-7,9H2,1H3,(H,19,21). The van der Waals surface area contributed by atoms with E-state index in [4.69, 9.17) is 4.74 Å². The minimum Gasteiger partial charge on any atom is -0.452 e. The number of ether oxygens (including phenoxy) is 1. The summed E-state index contributed by atoms with van der Waals surface area (Å²) < 4.78 is 18.6. The Bertz CT molecular complexity index is 685. The Labute approximate surface area is 139 Å². The van der Waals surface area contributed by atoms with Gasteiger partial charge in [-0.3, -0.25) is 14.4 Å². The number of nitrogens with zero attached hydrogens (tertiary/aromatic N) is 1. The predicted octanol–water partition coefficient (Wildman–Crippen LogP) is 1.81. The zero-order chi connectivity index (χ0) is 17.3. The molecule has 128 valence electrons. The van der Waals surface area contributed by atoms with Crippen LogP contribution in [-0.2, 0) is 19.1 Å². The van der Waals surface area contributed by atoms with Gasteiger partial charge in [0.1, 0.15) is 5.82 Å². The molecule has 0 bridgehead atoms. The first-order chi connectivity index (χ1) is 11.5. The average Bonchev–Trinajstić information content (AvgIpc) is 3.07. The summed E-state index contributed by atoms with van der Waals surface area (Å²) in [5, 5.41) is 2.54. The first kappa shape index (κ1) is 16.4. The highest BCUT2D eigenvalue weighted by atomic mass is 19.1. The van der Waals surface area contributed by atoms with E-state index in [-0.39, 0.29) is 23.9 Å². The van der Waals surface area contributed by atoms with Gasteiger partial charge in [0, 0.05) is 25.2 Å². The van der Waals surface area contributed by atoms with Crippen molar-refractivity contribution in [3.63, 3.8) is 0 Å². The fourth-order valence-corrected chi connectivity index (χ4v) is 3.15. The second-order valence-corrected chi connectivity index (χ2v) is 6.15. The lowest BCUT2D eigenvalue weighted by atomic mass is 9.90. The van der Waals surface area contributed by atoms with Crippen LogP contribution in [-0.4, -0.2) is 41.9 Å². The smallest absolute Gasteiger partial charge is 0.314 e. The van der Waals surface area contributed by atoms with E-state index in [1.54, 1.807) is 4.90 Å². The first-order valence-electron chi connectivity index (χ1n) is 8.04. The van der Waals surface area contributed by atoms with E-state index < -0.39 is 23.8 Å². The number of carbonyl (C=O) groups excluding carboxylic acids is 3. The summed E-state index contributed by atoms with van der Waals surface area (Å²) in [5.74, 6) is -2.57. The number of anilines is 1. The molecular formula is C17H19FN2O4. The normalized spacial score (nSPS) is 21.0. The van der Waals surface area contributed by atoms with E-state index in [0.29, 0.717) is 18.7 Å². The van der Waals surface area contributed by atoms with Gasteiger partial charge in [-0.25, -0.2) is 4.39 Å². The SMILES string of the molecule is CC(OC(=O)C1CC(=O)Nc2cc(F)ccc21)C(=O)N1CCCC1. The van der Waals surface area contributed by atoms with Crippen molar-refractivity contribution in [3.8, 4) is 0 Å². The molecule has 0 aliphatic carbocycles. The maximum atomic E-state index is 13.3. The largest absolute Gasteiger partial charge is 0.452 e. The lowest BCUT2D eigenvalue weighted by Crippen LogP contribution is -2.39. The number of benzene rings is 1. The molecule has 1 saturated heterocycles. The Morgan fingerprint density at radius 1 is 1.33 bits per heavy atom. The number of esters is 1. The highest BCUT2D eigenvalue weighted by Crippen LogP contribution is 2.33. The van der Waals surface area contributed by atoms with Crippen molar-refractivity contribution in [1.82, 2.24) is 4.90 Å². The number of rotatable bonds is 3. The van der Waals surface area contributed by atoms with Crippen molar-refractivity contribution in [3.05, 3.63) is 29.6 Å². The molecule has 1 N–H and O–H groups in total. The van der Waals surface area contributed by atoms with Gasteiger partial charge in [-0.05, 0) is 37.5 Å². The Balaban J connectivity index is 1.73. The van der Waals surface area contributed by atoms with Crippen molar-refractivity contribution >= 4 is 23.5 Å².